The molecule has 1 aromatic heterocycles. The highest BCUT2D eigenvalue weighted by Gasteiger charge is 2.19. The van der Waals surface area contributed by atoms with E-state index in [4.69, 9.17) is 15.2 Å². The van der Waals surface area contributed by atoms with Crippen LogP contribution in [0.1, 0.15) is 12.5 Å². The van der Waals surface area contributed by atoms with E-state index in [-0.39, 0.29) is 6.10 Å². The summed E-state index contributed by atoms with van der Waals surface area (Å²) >= 11 is 0. The number of rotatable bonds is 4. The first-order valence-corrected chi connectivity index (χ1v) is 6.92. The molecule has 2 rings (SSSR count). The smallest absolute Gasteiger partial charge is 0.138 e. The average Bonchev–Trinajstić information content (AvgIpc) is 2.51. The van der Waals surface area contributed by atoms with Crippen LogP contribution < -0.4 is 10.5 Å². The molecule has 0 saturated carbocycles. The summed E-state index contributed by atoms with van der Waals surface area (Å²) in [7, 11) is 0. The topological polar surface area (TPSA) is 60.6 Å². The van der Waals surface area contributed by atoms with Gasteiger partial charge in [0.1, 0.15) is 18.5 Å². The lowest BCUT2D eigenvalue weighted by Gasteiger charge is -2.31. The van der Waals surface area contributed by atoms with Crippen molar-refractivity contribution in [2.45, 2.75) is 13.0 Å². The first-order chi connectivity index (χ1) is 9.81. The summed E-state index contributed by atoms with van der Waals surface area (Å²) in [5.41, 5.74) is 6.16. The molecule has 1 fully saturated rings. The molecule has 0 aliphatic carbocycles. The maximum absolute atomic E-state index is 5.75. The summed E-state index contributed by atoms with van der Waals surface area (Å²) in [6, 6.07) is 1.87. The summed E-state index contributed by atoms with van der Waals surface area (Å²) in [6.07, 6.45) is 3.50. The van der Waals surface area contributed by atoms with Gasteiger partial charge in [0, 0.05) is 24.8 Å². The Bertz CT molecular complexity index is 481. The molecule has 108 valence electrons. The van der Waals surface area contributed by atoms with E-state index in [9.17, 15) is 0 Å². The van der Waals surface area contributed by atoms with Crippen molar-refractivity contribution in [3.63, 3.8) is 0 Å². The molecule has 2 heterocycles. The number of aromatic nitrogens is 1. The molecular weight excluding hydrogens is 254 g/mol. The van der Waals surface area contributed by atoms with Gasteiger partial charge in [0.15, 0.2) is 0 Å². The zero-order valence-corrected chi connectivity index (χ0v) is 11.8. The van der Waals surface area contributed by atoms with Crippen molar-refractivity contribution < 1.29 is 9.47 Å². The predicted octanol–water partition coefficient (Wildman–Crippen LogP) is 0.491. The second-order valence-electron chi connectivity index (χ2n) is 4.61. The van der Waals surface area contributed by atoms with Gasteiger partial charge in [0.05, 0.1) is 19.3 Å². The van der Waals surface area contributed by atoms with Gasteiger partial charge in [-0.25, -0.2) is 0 Å². The molecule has 5 heteroatoms. The van der Waals surface area contributed by atoms with Crippen molar-refractivity contribution in [1.29, 1.82) is 0 Å². The molecule has 5 nitrogen and oxygen atoms in total. The van der Waals surface area contributed by atoms with Gasteiger partial charge in [-0.3, -0.25) is 9.88 Å². The quantitative estimate of drug-likeness (QED) is 0.810. The summed E-state index contributed by atoms with van der Waals surface area (Å²) in [5, 5.41) is 0. The van der Waals surface area contributed by atoms with Crippen molar-refractivity contribution in [2.24, 2.45) is 5.73 Å². The zero-order valence-electron chi connectivity index (χ0n) is 11.8. The fraction of sp³-hybridized carbons (Fsp3) is 0.533. The van der Waals surface area contributed by atoms with E-state index in [0.29, 0.717) is 18.9 Å². The molecule has 2 N–H and O–H groups in total. The molecule has 1 aromatic rings. The Morgan fingerprint density at radius 3 is 3.25 bits per heavy atom. The van der Waals surface area contributed by atoms with E-state index >= 15 is 0 Å². The molecule has 1 atom stereocenters. The summed E-state index contributed by atoms with van der Waals surface area (Å²) in [4.78, 5) is 6.47. The standard InChI is InChI=1S/C15H21N3O2/c1-2-18-6-7-19-15(11-18)12-20-14-8-13(4-3-5-16)9-17-10-14/h8-10,15H,2,5-7,11-12,16H2,1H3. The number of hydrogen-bond donors (Lipinski definition) is 1. The molecule has 0 spiro atoms. The largest absolute Gasteiger partial charge is 0.489 e. The maximum atomic E-state index is 5.75. The molecule has 1 aliphatic rings. The highest BCUT2D eigenvalue weighted by Crippen LogP contribution is 2.12. The van der Waals surface area contributed by atoms with Gasteiger partial charge in [-0.05, 0) is 12.6 Å². The SMILES string of the molecule is CCN1CCOC(COc2cncc(C#CCN)c2)C1. The van der Waals surface area contributed by atoms with Crippen LogP contribution in [-0.2, 0) is 4.74 Å². The lowest BCUT2D eigenvalue weighted by molar-refractivity contribution is -0.0464. The van der Waals surface area contributed by atoms with Crippen molar-refractivity contribution in [2.75, 3.05) is 39.4 Å². The van der Waals surface area contributed by atoms with Crippen LogP contribution in [0, 0.1) is 11.8 Å². The number of nitrogens with two attached hydrogens (primary N) is 1. The minimum absolute atomic E-state index is 0.113. The molecule has 0 aromatic carbocycles. The highest BCUT2D eigenvalue weighted by molar-refractivity contribution is 5.36. The summed E-state index contributed by atoms with van der Waals surface area (Å²) in [5.74, 6) is 6.46. The molecule has 1 unspecified atom stereocenters. The second kappa shape index (κ2) is 7.85. The Balaban J connectivity index is 1.87. The first kappa shape index (κ1) is 14.8. The molecule has 1 saturated heterocycles. The minimum atomic E-state index is 0.113. The maximum Gasteiger partial charge on any atom is 0.138 e. The minimum Gasteiger partial charge on any atom is -0.489 e. The van der Waals surface area contributed by atoms with Crippen LogP contribution in [0.25, 0.3) is 0 Å². The van der Waals surface area contributed by atoms with Crippen LogP contribution >= 0.6 is 0 Å². The van der Waals surface area contributed by atoms with E-state index in [1.165, 1.54) is 0 Å². The van der Waals surface area contributed by atoms with Crippen molar-refractivity contribution in [1.82, 2.24) is 9.88 Å². The van der Waals surface area contributed by atoms with E-state index in [1.807, 2.05) is 6.07 Å². The van der Waals surface area contributed by atoms with Crippen LogP contribution in [0.3, 0.4) is 0 Å². The number of morpholine rings is 1. The monoisotopic (exact) mass is 275 g/mol. The Morgan fingerprint density at radius 1 is 1.55 bits per heavy atom. The molecule has 0 bridgehead atoms. The Kier molecular flexibility index (Phi) is 5.81. The van der Waals surface area contributed by atoms with Gasteiger partial charge in [-0.15, -0.1) is 0 Å². The normalized spacial score (nSPS) is 19.2. The predicted molar refractivity (Wildman–Crippen MR) is 77.5 cm³/mol. The average molecular weight is 275 g/mol. The summed E-state index contributed by atoms with van der Waals surface area (Å²) in [6.45, 7) is 6.76. The van der Waals surface area contributed by atoms with Gasteiger partial charge < -0.3 is 15.2 Å². The number of hydrogen-bond acceptors (Lipinski definition) is 5. The Morgan fingerprint density at radius 2 is 2.45 bits per heavy atom. The van der Waals surface area contributed by atoms with E-state index < -0.39 is 0 Å². The second-order valence-corrected chi connectivity index (χ2v) is 4.61. The lowest BCUT2D eigenvalue weighted by atomic mass is 10.2. The molecular formula is C15H21N3O2. The van der Waals surface area contributed by atoms with Crippen LogP contribution in [0.5, 0.6) is 5.75 Å². The van der Waals surface area contributed by atoms with Crippen molar-refractivity contribution in [3.05, 3.63) is 24.0 Å². The van der Waals surface area contributed by atoms with Gasteiger partial charge in [-0.1, -0.05) is 18.8 Å². The fourth-order valence-electron chi connectivity index (χ4n) is 2.08. The molecule has 0 radical (unpaired) electrons. The van der Waals surface area contributed by atoms with Crippen molar-refractivity contribution in [3.8, 4) is 17.6 Å². The van der Waals surface area contributed by atoms with Gasteiger partial charge >= 0.3 is 0 Å². The Hall–Kier alpha value is -1.61. The van der Waals surface area contributed by atoms with Crippen molar-refractivity contribution >= 4 is 0 Å². The summed E-state index contributed by atoms with van der Waals surface area (Å²) < 4.78 is 11.4. The van der Waals surface area contributed by atoms with Crippen LogP contribution in [0.2, 0.25) is 0 Å². The molecule has 0 amide bonds. The van der Waals surface area contributed by atoms with Gasteiger partial charge in [0.2, 0.25) is 0 Å². The third-order valence-electron chi connectivity index (χ3n) is 3.15. The number of ether oxygens (including phenoxy) is 2. The Labute approximate surface area is 120 Å². The fourth-order valence-corrected chi connectivity index (χ4v) is 2.08. The van der Waals surface area contributed by atoms with Gasteiger partial charge in [0.25, 0.3) is 0 Å². The first-order valence-electron chi connectivity index (χ1n) is 6.92. The third-order valence-corrected chi connectivity index (χ3v) is 3.15. The number of nitrogens with zero attached hydrogens (tertiary/aromatic N) is 2. The lowest BCUT2D eigenvalue weighted by Crippen LogP contribution is -2.44. The van der Waals surface area contributed by atoms with Crippen LogP contribution in [0.4, 0.5) is 0 Å². The van der Waals surface area contributed by atoms with E-state index in [0.717, 1.165) is 31.8 Å². The van der Waals surface area contributed by atoms with E-state index in [2.05, 4.69) is 28.6 Å². The number of pyridine rings is 1. The third kappa shape index (κ3) is 4.49. The van der Waals surface area contributed by atoms with Crippen LogP contribution in [0.15, 0.2) is 18.5 Å². The number of likely N-dealkylation sites (N-methyl/N-ethyl adjacent to an activating group) is 1. The molecule has 1 aliphatic heterocycles. The van der Waals surface area contributed by atoms with E-state index in [1.54, 1.807) is 12.4 Å². The molecule has 20 heavy (non-hydrogen) atoms. The van der Waals surface area contributed by atoms with Gasteiger partial charge in [-0.2, -0.15) is 0 Å². The zero-order chi connectivity index (χ0) is 14.2. The highest BCUT2D eigenvalue weighted by atomic mass is 16.5. The van der Waals surface area contributed by atoms with Crippen LogP contribution in [-0.4, -0.2) is 55.4 Å².